The van der Waals surface area contributed by atoms with E-state index in [1.54, 1.807) is 6.07 Å². The van der Waals surface area contributed by atoms with Crippen molar-refractivity contribution in [2.75, 3.05) is 26.2 Å². The van der Waals surface area contributed by atoms with E-state index in [-0.39, 0.29) is 0 Å². The van der Waals surface area contributed by atoms with Crippen LogP contribution in [0.1, 0.15) is 29.2 Å². The smallest absolute Gasteiger partial charge is 0.115 e. The zero-order valence-corrected chi connectivity index (χ0v) is 15.6. The average molecular weight is 345 g/mol. The first kappa shape index (κ1) is 17.5. The molecule has 0 amide bonds. The highest BCUT2D eigenvalue weighted by Gasteiger charge is 2.18. The first-order chi connectivity index (χ1) is 11.6. The summed E-state index contributed by atoms with van der Waals surface area (Å²) in [4.78, 5) is 8.04. The van der Waals surface area contributed by atoms with Crippen LogP contribution < -0.4 is 0 Å². The minimum absolute atomic E-state index is 0.362. The van der Waals surface area contributed by atoms with Crippen LogP contribution in [0.3, 0.4) is 0 Å². The van der Waals surface area contributed by atoms with Crippen LogP contribution in [0.4, 0.5) is 0 Å². The Morgan fingerprint density at radius 2 is 1.62 bits per heavy atom. The van der Waals surface area contributed by atoms with E-state index in [0.29, 0.717) is 5.75 Å². The maximum absolute atomic E-state index is 9.58. The molecule has 0 unspecified atom stereocenters. The number of hydrogen-bond acceptors (Lipinski definition) is 4. The van der Waals surface area contributed by atoms with Crippen molar-refractivity contribution in [3.8, 4) is 5.75 Å². The molecule has 1 saturated heterocycles. The maximum Gasteiger partial charge on any atom is 0.115 e. The molecule has 1 aromatic carbocycles. The van der Waals surface area contributed by atoms with Crippen LogP contribution in [-0.2, 0) is 19.5 Å². The van der Waals surface area contributed by atoms with Gasteiger partial charge >= 0.3 is 0 Å². The van der Waals surface area contributed by atoms with E-state index in [9.17, 15) is 5.11 Å². The fourth-order valence-corrected chi connectivity index (χ4v) is 4.53. The first-order valence-corrected chi connectivity index (χ1v) is 9.70. The summed E-state index contributed by atoms with van der Waals surface area (Å²) in [6.07, 6.45) is 1.20. The van der Waals surface area contributed by atoms with E-state index in [4.69, 9.17) is 0 Å². The Morgan fingerprint density at radius 1 is 0.958 bits per heavy atom. The molecule has 3 rings (SSSR count). The second-order valence-electron chi connectivity index (χ2n) is 7.19. The summed E-state index contributed by atoms with van der Waals surface area (Å²) in [5.41, 5.74) is 1.19. The largest absolute Gasteiger partial charge is 0.508 e. The monoisotopic (exact) mass is 344 g/mol. The number of aromatic hydroxyl groups is 1. The second-order valence-corrected chi connectivity index (χ2v) is 8.44. The van der Waals surface area contributed by atoms with E-state index >= 15 is 0 Å². The van der Waals surface area contributed by atoms with Gasteiger partial charge in [0.1, 0.15) is 5.75 Å². The van der Waals surface area contributed by atoms with Gasteiger partial charge < -0.3 is 5.11 Å². The number of phenols is 1. The molecule has 0 radical (unpaired) electrons. The van der Waals surface area contributed by atoms with Gasteiger partial charge in [0.15, 0.2) is 0 Å². The van der Waals surface area contributed by atoms with Gasteiger partial charge in [-0.2, -0.15) is 0 Å². The lowest BCUT2D eigenvalue weighted by molar-refractivity contribution is 0.123. The molecule has 0 saturated carbocycles. The van der Waals surface area contributed by atoms with Gasteiger partial charge in [-0.15, -0.1) is 11.3 Å². The first-order valence-electron chi connectivity index (χ1n) is 8.88. The summed E-state index contributed by atoms with van der Waals surface area (Å²) < 4.78 is 0. The van der Waals surface area contributed by atoms with Crippen molar-refractivity contribution >= 4 is 11.3 Å². The second kappa shape index (κ2) is 8.15. The summed E-state index contributed by atoms with van der Waals surface area (Å²) >= 11 is 1.98. The normalized spacial score (nSPS) is 16.8. The number of thiophene rings is 1. The van der Waals surface area contributed by atoms with Crippen LogP contribution >= 0.6 is 11.3 Å². The van der Waals surface area contributed by atoms with Gasteiger partial charge in [0, 0.05) is 49.0 Å². The minimum atomic E-state index is 0.362. The third-order valence-corrected chi connectivity index (χ3v) is 5.58. The number of benzene rings is 1. The van der Waals surface area contributed by atoms with Crippen LogP contribution in [0.25, 0.3) is 0 Å². The molecule has 2 aromatic rings. The van der Waals surface area contributed by atoms with E-state index in [2.05, 4.69) is 41.8 Å². The van der Waals surface area contributed by atoms with Gasteiger partial charge in [0.25, 0.3) is 0 Å². The molecule has 1 N–H and O–H groups in total. The molecular formula is C20H28N2OS. The number of nitrogens with zero attached hydrogens (tertiary/aromatic N) is 2. The van der Waals surface area contributed by atoms with Crippen molar-refractivity contribution in [1.82, 2.24) is 9.80 Å². The predicted octanol–water partition coefficient (Wildman–Crippen LogP) is 3.97. The van der Waals surface area contributed by atoms with E-state index in [0.717, 1.165) is 45.2 Å². The van der Waals surface area contributed by atoms with E-state index < -0.39 is 0 Å². The van der Waals surface area contributed by atoms with Gasteiger partial charge in [-0.1, -0.05) is 26.0 Å². The highest BCUT2D eigenvalue weighted by Crippen LogP contribution is 2.22. The summed E-state index contributed by atoms with van der Waals surface area (Å²) in [5, 5.41) is 9.58. The summed E-state index contributed by atoms with van der Waals surface area (Å²) in [7, 11) is 0. The van der Waals surface area contributed by atoms with Crippen molar-refractivity contribution in [3.63, 3.8) is 0 Å². The predicted molar refractivity (Wildman–Crippen MR) is 102 cm³/mol. The Labute approximate surface area is 149 Å². The van der Waals surface area contributed by atoms with Crippen LogP contribution in [-0.4, -0.2) is 41.1 Å². The van der Waals surface area contributed by atoms with Gasteiger partial charge in [-0.3, -0.25) is 9.80 Å². The van der Waals surface area contributed by atoms with Gasteiger partial charge in [-0.25, -0.2) is 0 Å². The van der Waals surface area contributed by atoms with Gasteiger partial charge in [0.05, 0.1) is 0 Å². The summed E-state index contributed by atoms with van der Waals surface area (Å²) in [6, 6.07) is 12.2. The van der Waals surface area contributed by atoms with Crippen molar-refractivity contribution in [1.29, 1.82) is 0 Å². The highest BCUT2D eigenvalue weighted by molar-refractivity contribution is 7.11. The quantitative estimate of drug-likeness (QED) is 0.859. The molecule has 1 fully saturated rings. The standard InChI is InChI=1S/C20H28N2OS/c1-16(2)12-19-6-7-20(24-19)15-22-10-8-21(9-11-22)14-17-4-3-5-18(23)13-17/h3-7,13,16,23H,8-12,14-15H2,1-2H3. The lowest BCUT2D eigenvalue weighted by atomic mass is 10.1. The lowest BCUT2D eigenvalue weighted by Crippen LogP contribution is -2.45. The Hall–Kier alpha value is -1.36. The minimum Gasteiger partial charge on any atom is -0.508 e. The molecule has 1 aliphatic heterocycles. The molecule has 2 heterocycles. The third kappa shape index (κ3) is 5.07. The molecule has 130 valence electrons. The van der Waals surface area contributed by atoms with Crippen molar-refractivity contribution in [2.24, 2.45) is 5.92 Å². The molecule has 3 nitrogen and oxygen atoms in total. The molecule has 1 aliphatic rings. The van der Waals surface area contributed by atoms with Crippen molar-refractivity contribution in [3.05, 3.63) is 51.7 Å². The number of phenolic OH excluding ortho intramolecular Hbond substituents is 1. The Balaban J connectivity index is 1.46. The van der Waals surface area contributed by atoms with Crippen LogP contribution in [0.2, 0.25) is 0 Å². The average Bonchev–Trinajstić information content (AvgIpc) is 2.95. The number of hydrogen-bond donors (Lipinski definition) is 1. The molecule has 0 bridgehead atoms. The Kier molecular flexibility index (Phi) is 5.93. The molecule has 0 spiro atoms. The van der Waals surface area contributed by atoms with Gasteiger partial charge in [-0.05, 0) is 42.2 Å². The molecule has 24 heavy (non-hydrogen) atoms. The number of piperazine rings is 1. The van der Waals surface area contributed by atoms with Gasteiger partial charge in [0.2, 0.25) is 0 Å². The summed E-state index contributed by atoms with van der Waals surface area (Å²) in [5.74, 6) is 1.10. The van der Waals surface area contributed by atoms with E-state index in [1.807, 2.05) is 23.5 Å². The molecule has 0 aliphatic carbocycles. The lowest BCUT2D eigenvalue weighted by Gasteiger charge is -2.34. The van der Waals surface area contributed by atoms with Crippen LogP contribution in [0.15, 0.2) is 36.4 Å². The van der Waals surface area contributed by atoms with Crippen molar-refractivity contribution < 1.29 is 5.11 Å². The van der Waals surface area contributed by atoms with E-state index in [1.165, 1.54) is 21.7 Å². The SMILES string of the molecule is CC(C)Cc1ccc(CN2CCN(Cc3cccc(O)c3)CC2)s1. The zero-order chi connectivity index (χ0) is 16.9. The number of rotatable bonds is 6. The topological polar surface area (TPSA) is 26.7 Å². The fourth-order valence-electron chi connectivity index (χ4n) is 3.26. The molecule has 1 aromatic heterocycles. The highest BCUT2D eigenvalue weighted by atomic mass is 32.1. The zero-order valence-electron chi connectivity index (χ0n) is 14.7. The molecule has 0 atom stereocenters. The maximum atomic E-state index is 9.58. The summed E-state index contributed by atoms with van der Waals surface area (Å²) in [6.45, 7) is 11.0. The third-order valence-electron chi connectivity index (χ3n) is 4.49. The fraction of sp³-hybridized carbons (Fsp3) is 0.500. The van der Waals surface area contributed by atoms with Crippen LogP contribution in [0.5, 0.6) is 5.75 Å². The molecule has 4 heteroatoms. The Morgan fingerprint density at radius 3 is 2.29 bits per heavy atom. The van der Waals surface area contributed by atoms with Crippen molar-refractivity contribution in [2.45, 2.75) is 33.4 Å². The molecular weight excluding hydrogens is 316 g/mol. The Bertz CT molecular complexity index is 645. The van der Waals surface area contributed by atoms with Crippen LogP contribution in [0, 0.1) is 5.92 Å².